The third kappa shape index (κ3) is 4.33. The van der Waals surface area contributed by atoms with Crippen LogP contribution in [0.2, 0.25) is 0 Å². The van der Waals surface area contributed by atoms with Gasteiger partial charge in [-0.3, -0.25) is 9.59 Å². The maximum atomic E-state index is 13.6. The summed E-state index contributed by atoms with van der Waals surface area (Å²) in [7, 11) is 2.82. The standard InChI is InChI=1S/C27H23NO7/c1-4-35-27(32)17-9-11-18(12-10-17)28-25(30)20-8-6-5-7-19(20)21(26(28)31)13-16-14-22(33-2)24(29)23(15-16)34-3/h5-15,29H,4H2,1-3H3. The van der Waals surface area contributed by atoms with Crippen molar-refractivity contribution < 1.29 is 33.7 Å². The summed E-state index contributed by atoms with van der Waals surface area (Å²) in [5.41, 5.74) is 2.26. The summed E-state index contributed by atoms with van der Waals surface area (Å²) >= 11 is 0. The highest BCUT2D eigenvalue weighted by atomic mass is 16.5. The summed E-state index contributed by atoms with van der Waals surface area (Å²) in [4.78, 5) is 40.0. The Kier molecular flexibility index (Phi) is 6.55. The van der Waals surface area contributed by atoms with Crippen LogP contribution < -0.4 is 14.4 Å². The minimum atomic E-state index is -0.538. The quantitative estimate of drug-likeness (QED) is 0.323. The first-order chi connectivity index (χ1) is 16.9. The Bertz CT molecular complexity index is 1320. The molecule has 8 heteroatoms. The lowest BCUT2D eigenvalue weighted by atomic mass is 9.91. The second kappa shape index (κ2) is 9.72. The zero-order chi connectivity index (χ0) is 25.1. The van der Waals surface area contributed by atoms with Gasteiger partial charge in [-0.25, -0.2) is 9.69 Å². The van der Waals surface area contributed by atoms with Gasteiger partial charge in [-0.1, -0.05) is 18.2 Å². The number of carbonyl (C=O) groups excluding carboxylic acids is 3. The van der Waals surface area contributed by atoms with Crippen molar-refractivity contribution in [1.29, 1.82) is 0 Å². The largest absolute Gasteiger partial charge is 0.502 e. The van der Waals surface area contributed by atoms with Gasteiger partial charge in [0.25, 0.3) is 11.8 Å². The first-order valence-electron chi connectivity index (χ1n) is 10.8. The lowest BCUT2D eigenvalue weighted by Crippen LogP contribution is -2.41. The minimum absolute atomic E-state index is 0.161. The molecule has 0 spiro atoms. The van der Waals surface area contributed by atoms with E-state index in [1.807, 2.05) is 0 Å². The Labute approximate surface area is 202 Å². The number of anilines is 1. The summed E-state index contributed by atoms with van der Waals surface area (Å²) < 4.78 is 15.4. The first kappa shape index (κ1) is 23.6. The van der Waals surface area contributed by atoms with Crippen molar-refractivity contribution in [2.45, 2.75) is 6.92 Å². The maximum Gasteiger partial charge on any atom is 0.338 e. The number of carbonyl (C=O) groups is 3. The Hall–Kier alpha value is -4.59. The van der Waals surface area contributed by atoms with Gasteiger partial charge in [0, 0.05) is 11.1 Å². The number of methoxy groups -OCH3 is 2. The van der Waals surface area contributed by atoms with Gasteiger partial charge in [0.2, 0.25) is 5.75 Å². The van der Waals surface area contributed by atoms with E-state index in [-0.39, 0.29) is 29.4 Å². The van der Waals surface area contributed by atoms with Gasteiger partial charge in [0.05, 0.1) is 32.1 Å². The average molecular weight is 473 g/mol. The maximum absolute atomic E-state index is 13.6. The van der Waals surface area contributed by atoms with E-state index >= 15 is 0 Å². The highest BCUT2D eigenvalue weighted by Gasteiger charge is 2.36. The SMILES string of the molecule is CCOC(=O)c1ccc(N2C(=O)C(=Cc3cc(OC)c(O)c(OC)c3)c3ccccc3C2=O)cc1. The predicted molar refractivity (Wildman–Crippen MR) is 130 cm³/mol. The number of hydrogen-bond acceptors (Lipinski definition) is 7. The van der Waals surface area contributed by atoms with E-state index in [4.69, 9.17) is 14.2 Å². The number of fused-ring (bicyclic) bond motifs is 1. The van der Waals surface area contributed by atoms with Crippen LogP contribution in [0.15, 0.2) is 60.7 Å². The molecule has 0 bridgehead atoms. The number of benzene rings is 3. The number of esters is 1. The monoisotopic (exact) mass is 473 g/mol. The smallest absolute Gasteiger partial charge is 0.338 e. The molecule has 8 nitrogen and oxygen atoms in total. The van der Waals surface area contributed by atoms with E-state index in [0.717, 1.165) is 4.90 Å². The fraction of sp³-hybridized carbons (Fsp3) is 0.148. The molecule has 178 valence electrons. The van der Waals surface area contributed by atoms with E-state index in [2.05, 4.69) is 0 Å². The predicted octanol–water partition coefficient (Wildman–Crippen LogP) is 4.31. The Morgan fingerprint density at radius 1 is 0.914 bits per heavy atom. The highest BCUT2D eigenvalue weighted by molar-refractivity contribution is 6.43. The molecule has 0 aromatic heterocycles. The van der Waals surface area contributed by atoms with Crippen LogP contribution in [0.25, 0.3) is 11.6 Å². The number of amides is 2. The van der Waals surface area contributed by atoms with Gasteiger partial charge in [-0.2, -0.15) is 0 Å². The number of hydrogen-bond donors (Lipinski definition) is 1. The van der Waals surface area contributed by atoms with Crippen LogP contribution in [-0.4, -0.2) is 43.7 Å². The van der Waals surface area contributed by atoms with Crippen molar-refractivity contribution >= 4 is 35.1 Å². The highest BCUT2D eigenvalue weighted by Crippen LogP contribution is 2.39. The Morgan fingerprint density at radius 3 is 2.09 bits per heavy atom. The third-order valence-corrected chi connectivity index (χ3v) is 5.53. The van der Waals surface area contributed by atoms with Crippen LogP contribution in [0.5, 0.6) is 17.2 Å². The topological polar surface area (TPSA) is 102 Å². The molecular formula is C27H23NO7. The molecule has 3 aromatic rings. The zero-order valence-electron chi connectivity index (χ0n) is 19.4. The molecule has 0 aliphatic carbocycles. The molecule has 1 heterocycles. The molecule has 0 radical (unpaired) electrons. The summed E-state index contributed by atoms with van der Waals surface area (Å²) in [5.74, 6) is -1.32. The Balaban J connectivity index is 1.82. The van der Waals surface area contributed by atoms with Crippen LogP contribution >= 0.6 is 0 Å². The number of aromatic hydroxyl groups is 1. The average Bonchev–Trinajstić information content (AvgIpc) is 2.88. The molecule has 0 saturated carbocycles. The lowest BCUT2D eigenvalue weighted by Gasteiger charge is -2.29. The molecule has 1 aliphatic rings. The summed E-state index contributed by atoms with van der Waals surface area (Å²) in [6, 6.07) is 16.0. The van der Waals surface area contributed by atoms with Gasteiger partial charge in [0.1, 0.15) is 0 Å². The lowest BCUT2D eigenvalue weighted by molar-refractivity contribution is -0.112. The molecule has 0 atom stereocenters. The van der Waals surface area contributed by atoms with Crippen LogP contribution in [-0.2, 0) is 9.53 Å². The number of ether oxygens (including phenoxy) is 3. The zero-order valence-corrected chi connectivity index (χ0v) is 19.4. The molecule has 0 saturated heterocycles. The summed E-state index contributed by atoms with van der Waals surface area (Å²) in [6.45, 7) is 1.95. The minimum Gasteiger partial charge on any atom is -0.502 e. The van der Waals surface area contributed by atoms with Crippen molar-refractivity contribution in [2.24, 2.45) is 0 Å². The number of phenolic OH excluding ortho intramolecular Hbond substituents is 1. The molecule has 0 fully saturated rings. The van der Waals surface area contributed by atoms with Gasteiger partial charge in [0.15, 0.2) is 11.5 Å². The Morgan fingerprint density at radius 2 is 1.51 bits per heavy atom. The fourth-order valence-corrected chi connectivity index (χ4v) is 3.85. The van der Waals surface area contributed by atoms with Crippen molar-refractivity contribution in [3.05, 3.63) is 82.9 Å². The fourth-order valence-electron chi connectivity index (χ4n) is 3.85. The first-order valence-corrected chi connectivity index (χ1v) is 10.8. The van der Waals surface area contributed by atoms with E-state index in [0.29, 0.717) is 27.9 Å². The molecule has 4 rings (SSSR count). The van der Waals surface area contributed by atoms with Crippen LogP contribution in [0.3, 0.4) is 0 Å². The molecule has 0 unspecified atom stereocenters. The van der Waals surface area contributed by atoms with Crippen molar-refractivity contribution in [1.82, 2.24) is 0 Å². The molecule has 2 amide bonds. The second-order valence-corrected chi connectivity index (χ2v) is 7.59. The number of imide groups is 1. The van der Waals surface area contributed by atoms with E-state index in [9.17, 15) is 19.5 Å². The van der Waals surface area contributed by atoms with Gasteiger partial charge >= 0.3 is 5.97 Å². The van der Waals surface area contributed by atoms with Crippen molar-refractivity contribution in [3.63, 3.8) is 0 Å². The van der Waals surface area contributed by atoms with Crippen molar-refractivity contribution in [2.75, 3.05) is 25.7 Å². The van der Waals surface area contributed by atoms with E-state index in [1.165, 1.54) is 38.5 Å². The number of rotatable bonds is 6. The van der Waals surface area contributed by atoms with Crippen LogP contribution in [0, 0.1) is 0 Å². The third-order valence-electron chi connectivity index (χ3n) is 5.53. The summed E-state index contributed by atoms with van der Waals surface area (Å²) in [5, 5.41) is 10.2. The molecule has 1 aliphatic heterocycles. The van der Waals surface area contributed by atoms with E-state index in [1.54, 1.807) is 49.4 Å². The second-order valence-electron chi connectivity index (χ2n) is 7.59. The van der Waals surface area contributed by atoms with Crippen LogP contribution in [0.1, 0.15) is 38.8 Å². The number of nitrogens with zero attached hydrogens (tertiary/aromatic N) is 1. The number of phenols is 1. The van der Waals surface area contributed by atoms with Gasteiger partial charge < -0.3 is 19.3 Å². The van der Waals surface area contributed by atoms with E-state index < -0.39 is 17.8 Å². The molecule has 1 N–H and O–H groups in total. The normalized spacial score (nSPS) is 14.0. The molecule has 3 aromatic carbocycles. The van der Waals surface area contributed by atoms with Gasteiger partial charge in [-0.15, -0.1) is 0 Å². The summed E-state index contributed by atoms with van der Waals surface area (Å²) in [6.07, 6.45) is 1.61. The van der Waals surface area contributed by atoms with Crippen molar-refractivity contribution in [3.8, 4) is 17.2 Å². The van der Waals surface area contributed by atoms with Gasteiger partial charge in [-0.05, 0) is 66.6 Å². The van der Waals surface area contributed by atoms with Crippen LogP contribution in [0.4, 0.5) is 5.69 Å². The molecule has 35 heavy (non-hydrogen) atoms. The molecular weight excluding hydrogens is 450 g/mol.